The predicted molar refractivity (Wildman–Crippen MR) is 67.2 cm³/mol. The molecule has 1 aromatic heterocycles. The van der Waals surface area contributed by atoms with Crippen LogP contribution in [0.2, 0.25) is 0 Å². The van der Waals surface area contributed by atoms with Crippen LogP contribution in [0.3, 0.4) is 0 Å². The van der Waals surface area contributed by atoms with Crippen LogP contribution in [0, 0.1) is 6.92 Å². The van der Waals surface area contributed by atoms with Crippen molar-refractivity contribution >= 4 is 5.69 Å². The molecular formula is C13H12F3N3O. The molecular weight excluding hydrogens is 271 g/mol. The zero-order valence-electron chi connectivity index (χ0n) is 10.6. The Labute approximate surface area is 113 Å². The standard InChI is InChI=1S/C13H12F3N3O/c1-9-17-7-6-11(19-9)8-18-10-2-4-12(5-3-10)20-13(14,15)16/h2-7,18H,8H2,1H3. The first-order chi connectivity index (χ1) is 9.42. The molecule has 1 heterocycles. The third kappa shape index (κ3) is 4.42. The van der Waals surface area contributed by atoms with Gasteiger partial charge in [0.2, 0.25) is 0 Å². The van der Waals surface area contributed by atoms with Gasteiger partial charge in [-0.15, -0.1) is 13.2 Å². The van der Waals surface area contributed by atoms with Gasteiger partial charge in [-0.05, 0) is 37.3 Å². The molecule has 0 atom stereocenters. The summed E-state index contributed by atoms with van der Waals surface area (Å²) >= 11 is 0. The van der Waals surface area contributed by atoms with E-state index < -0.39 is 6.36 Å². The fourth-order valence-electron chi connectivity index (χ4n) is 1.57. The van der Waals surface area contributed by atoms with Crippen LogP contribution in [0.15, 0.2) is 36.5 Å². The summed E-state index contributed by atoms with van der Waals surface area (Å²) in [5.74, 6) is 0.416. The Morgan fingerprint density at radius 3 is 2.45 bits per heavy atom. The van der Waals surface area contributed by atoms with Gasteiger partial charge in [-0.3, -0.25) is 0 Å². The van der Waals surface area contributed by atoms with Crippen LogP contribution in [0.1, 0.15) is 11.5 Å². The summed E-state index contributed by atoms with van der Waals surface area (Å²) in [5.41, 5.74) is 1.48. The van der Waals surface area contributed by atoms with Gasteiger partial charge in [0, 0.05) is 11.9 Å². The van der Waals surface area contributed by atoms with Gasteiger partial charge >= 0.3 is 6.36 Å². The van der Waals surface area contributed by atoms with Gasteiger partial charge in [0.15, 0.2) is 0 Å². The number of anilines is 1. The molecule has 106 valence electrons. The minimum atomic E-state index is -4.67. The lowest BCUT2D eigenvalue weighted by atomic mass is 10.3. The van der Waals surface area contributed by atoms with E-state index in [0.717, 1.165) is 5.69 Å². The van der Waals surface area contributed by atoms with Gasteiger partial charge in [-0.2, -0.15) is 0 Å². The number of nitrogens with one attached hydrogen (secondary N) is 1. The van der Waals surface area contributed by atoms with Gasteiger partial charge in [-0.1, -0.05) is 0 Å². The topological polar surface area (TPSA) is 47.0 Å². The van der Waals surface area contributed by atoms with Crippen molar-refractivity contribution in [2.75, 3.05) is 5.32 Å². The molecule has 1 aromatic carbocycles. The summed E-state index contributed by atoms with van der Waals surface area (Å²) in [6, 6.07) is 7.29. The molecule has 0 fully saturated rings. The van der Waals surface area contributed by atoms with Crippen LogP contribution in [-0.2, 0) is 6.54 Å². The highest BCUT2D eigenvalue weighted by Crippen LogP contribution is 2.24. The lowest BCUT2D eigenvalue weighted by Crippen LogP contribution is -2.17. The monoisotopic (exact) mass is 283 g/mol. The van der Waals surface area contributed by atoms with E-state index in [4.69, 9.17) is 0 Å². The van der Waals surface area contributed by atoms with Crippen molar-refractivity contribution in [2.45, 2.75) is 19.8 Å². The van der Waals surface area contributed by atoms with E-state index >= 15 is 0 Å². The number of rotatable bonds is 4. The molecule has 0 aliphatic rings. The van der Waals surface area contributed by atoms with E-state index in [1.54, 1.807) is 19.2 Å². The molecule has 4 nitrogen and oxygen atoms in total. The minimum Gasteiger partial charge on any atom is -0.406 e. The zero-order valence-corrected chi connectivity index (χ0v) is 10.6. The van der Waals surface area contributed by atoms with E-state index in [0.29, 0.717) is 18.1 Å². The number of aromatic nitrogens is 2. The molecule has 7 heteroatoms. The first-order valence-electron chi connectivity index (χ1n) is 5.80. The molecule has 0 radical (unpaired) electrons. The number of nitrogens with zero attached hydrogens (tertiary/aromatic N) is 2. The smallest absolute Gasteiger partial charge is 0.406 e. The Kier molecular flexibility index (Phi) is 4.07. The van der Waals surface area contributed by atoms with Crippen molar-refractivity contribution in [3.05, 3.63) is 48.0 Å². The fraction of sp³-hybridized carbons (Fsp3) is 0.231. The molecule has 0 spiro atoms. The Balaban J connectivity index is 1.94. The number of hydrogen-bond acceptors (Lipinski definition) is 4. The number of alkyl halides is 3. The molecule has 0 aliphatic carbocycles. The number of ether oxygens (including phenoxy) is 1. The van der Waals surface area contributed by atoms with Gasteiger partial charge in [0.05, 0.1) is 12.2 Å². The zero-order chi connectivity index (χ0) is 14.6. The van der Waals surface area contributed by atoms with Gasteiger partial charge in [0.25, 0.3) is 0 Å². The Hall–Kier alpha value is -2.31. The second-order valence-electron chi connectivity index (χ2n) is 4.02. The van der Waals surface area contributed by atoms with Crippen LogP contribution in [-0.4, -0.2) is 16.3 Å². The number of aryl methyl sites for hydroxylation is 1. The maximum Gasteiger partial charge on any atom is 0.573 e. The largest absolute Gasteiger partial charge is 0.573 e. The molecule has 0 saturated carbocycles. The van der Waals surface area contributed by atoms with Crippen LogP contribution < -0.4 is 10.1 Å². The quantitative estimate of drug-likeness (QED) is 0.935. The Morgan fingerprint density at radius 2 is 1.85 bits per heavy atom. The van der Waals surface area contributed by atoms with E-state index in [2.05, 4.69) is 20.0 Å². The summed E-state index contributed by atoms with van der Waals surface area (Å²) in [6.45, 7) is 2.25. The summed E-state index contributed by atoms with van der Waals surface area (Å²) in [5, 5.41) is 3.05. The molecule has 1 N–H and O–H groups in total. The lowest BCUT2D eigenvalue weighted by molar-refractivity contribution is -0.274. The minimum absolute atomic E-state index is 0.249. The van der Waals surface area contributed by atoms with Crippen LogP contribution >= 0.6 is 0 Å². The first-order valence-corrected chi connectivity index (χ1v) is 5.80. The second-order valence-corrected chi connectivity index (χ2v) is 4.02. The third-order valence-corrected chi connectivity index (χ3v) is 2.40. The first kappa shape index (κ1) is 14.1. The molecule has 0 bridgehead atoms. The van der Waals surface area contributed by atoms with Gasteiger partial charge in [-0.25, -0.2) is 9.97 Å². The van der Waals surface area contributed by atoms with Crippen molar-refractivity contribution in [1.29, 1.82) is 0 Å². The number of benzene rings is 1. The van der Waals surface area contributed by atoms with Crippen molar-refractivity contribution in [2.24, 2.45) is 0 Å². The molecule has 0 aliphatic heterocycles. The summed E-state index contributed by atoms with van der Waals surface area (Å²) in [7, 11) is 0. The van der Waals surface area contributed by atoms with E-state index in [1.807, 2.05) is 0 Å². The van der Waals surface area contributed by atoms with Crippen molar-refractivity contribution in [1.82, 2.24) is 9.97 Å². The molecule has 2 rings (SSSR count). The lowest BCUT2D eigenvalue weighted by Gasteiger charge is -2.10. The molecule has 2 aromatic rings. The molecule has 0 saturated heterocycles. The maximum absolute atomic E-state index is 12.0. The summed E-state index contributed by atoms with van der Waals surface area (Å²) < 4.78 is 39.8. The summed E-state index contributed by atoms with van der Waals surface area (Å²) in [4.78, 5) is 8.19. The molecule has 20 heavy (non-hydrogen) atoms. The van der Waals surface area contributed by atoms with E-state index in [-0.39, 0.29) is 5.75 Å². The van der Waals surface area contributed by atoms with Crippen LogP contribution in [0.25, 0.3) is 0 Å². The van der Waals surface area contributed by atoms with Crippen LogP contribution in [0.5, 0.6) is 5.75 Å². The van der Waals surface area contributed by atoms with Gasteiger partial charge < -0.3 is 10.1 Å². The molecule has 0 amide bonds. The third-order valence-electron chi connectivity index (χ3n) is 2.40. The van der Waals surface area contributed by atoms with Crippen LogP contribution in [0.4, 0.5) is 18.9 Å². The maximum atomic E-state index is 12.0. The average Bonchev–Trinajstić information content (AvgIpc) is 2.36. The van der Waals surface area contributed by atoms with Crippen molar-refractivity contribution in [3.63, 3.8) is 0 Å². The highest BCUT2D eigenvalue weighted by Gasteiger charge is 2.30. The average molecular weight is 283 g/mol. The van der Waals surface area contributed by atoms with E-state index in [9.17, 15) is 13.2 Å². The highest BCUT2D eigenvalue weighted by atomic mass is 19.4. The highest BCUT2D eigenvalue weighted by molar-refractivity contribution is 5.46. The van der Waals surface area contributed by atoms with E-state index in [1.165, 1.54) is 24.3 Å². The Bertz CT molecular complexity index is 570. The fourth-order valence-corrected chi connectivity index (χ4v) is 1.57. The summed E-state index contributed by atoms with van der Waals surface area (Å²) in [6.07, 6.45) is -3.02. The van der Waals surface area contributed by atoms with Crippen molar-refractivity contribution < 1.29 is 17.9 Å². The Morgan fingerprint density at radius 1 is 1.15 bits per heavy atom. The number of halogens is 3. The predicted octanol–water partition coefficient (Wildman–Crippen LogP) is 3.30. The van der Waals surface area contributed by atoms with Crippen molar-refractivity contribution in [3.8, 4) is 5.75 Å². The van der Waals surface area contributed by atoms with Gasteiger partial charge in [0.1, 0.15) is 11.6 Å². The number of hydrogen-bond donors (Lipinski definition) is 1. The SMILES string of the molecule is Cc1nccc(CNc2ccc(OC(F)(F)F)cc2)n1. The molecule has 0 unspecified atom stereocenters. The normalized spacial score (nSPS) is 11.2. The second kappa shape index (κ2) is 5.77.